The Balaban J connectivity index is 1.40. The third-order valence-corrected chi connectivity index (χ3v) is 5.85. The highest BCUT2D eigenvalue weighted by Gasteiger charge is 2.22. The molecule has 10 heteroatoms. The minimum atomic E-state index is -0.711. The Labute approximate surface area is 209 Å². The van der Waals surface area contributed by atoms with Crippen molar-refractivity contribution in [3.8, 4) is 17.2 Å². The van der Waals surface area contributed by atoms with E-state index in [1.54, 1.807) is 42.9 Å². The van der Waals surface area contributed by atoms with Crippen LogP contribution in [0.5, 0.6) is 11.5 Å². The van der Waals surface area contributed by atoms with E-state index in [9.17, 15) is 14.4 Å². The fourth-order valence-corrected chi connectivity index (χ4v) is 3.87. The normalized spacial score (nSPS) is 17.0. The van der Waals surface area contributed by atoms with E-state index in [1.807, 2.05) is 22.9 Å². The number of rotatable bonds is 4. The maximum Gasteiger partial charge on any atom is 0.255 e. The van der Waals surface area contributed by atoms with Crippen LogP contribution in [0.2, 0.25) is 0 Å². The SMILES string of the molecule is COc1ccc2c(c1)OCCNC(=O)[C@@H](NC(=O)c1ccc(-n3ccnc3)cc1)CCCCNC2=O. The molecule has 0 saturated carbocycles. The fraction of sp³-hybridized carbons (Fsp3) is 0.308. The van der Waals surface area contributed by atoms with Crippen molar-refractivity contribution in [2.45, 2.75) is 25.3 Å². The molecule has 1 aliphatic rings. The Morgan fingerprint density at radius 3 is 2.69 bits per heavy atom. The summed E-state index contributed by atoms with van der Waals surface area (Å²) in [6.45, 7) is 0.793. The summed E-state index contributed by atoms with van der Waals surface area (Å²) >= 11 is 0. The van der Waals surface area contributed by atoms with Crippen LogP contribution in [0.3, 0.4) is 0 Å². The minimum absolute atomic E-state index is 0.148. The van der Waals surface area contributed by atoms with Crippen molar-refractivity contribution in [2.75, 3.05) is 26.8 Å². The molecule has 1 aliphatic heterocycles. The number of nitrogens with one attached hydrogen (secondary N) is 3. The van der Waals surface area contributed by atoms with Gasteiger partial charge in [-0.2, -0.15) is 0 Å². The molecule has 0 bridgehead atoms. The van der Waals surface area contributed by atoms with Gasteiger partial charge in [0, 0.05) is 36.3 Å². The lowest BCUT2D eigenvalue weighted by molar-refractivity contribution is -0.123. The van der Waals surface area contributed by atoms with E-state index >= 15 is 0 Å². The van der Waals surface area contributed by atoms with Crippen LogP contribution in [0.4, 0.5) is 0 Å². The largest absolute Gasteiger partial charge is 0.497 e. The summed E-state index contributed by atoms with van der Waals surface area (Å²) in [6, 6.07) is 11.3. The van der Waals surface area contributed by atoms with E-state index in [1.165, 1.54) is 7.11 Å². The molecule has 3 amide bonds. The minimum Gasteiger partial charge on any atom is -0.497 e. The zero-order valence-electron chi connectivity index (χ0n) is 20.0. The first-order valence-corrected chi connectivity index (χ1v) is 11.8. The van der Waals surface area contributed by atoms with Gasteiger partial charge in [-0.05, 0) is 55.7 Å². The first kappa shape index (κ1) is 24.8. The van der Waals surface area contributed by atoms with E-state index in [0.29, 0.717) is 48.4 Å². The van der Waals surface area contributed by atoms with Gasteiger partial charge in [-0.25, -0.2) is 4.98 Å². The molecule has 188 valence electrons. The monoisotopic (exact) mass is 491 g/mol. The van der Waals surface area contributed by atoms with E-state index in [-0.39, 0.29) is 30.9 Å². The highest BCUT2D eigenvalue weighted by Crippen LogP contribution is 2.25. The summed E-state index contributed by atoms with van der Waals surface area (Å²) in [5, 5.41) is 8.55. The Morgan fingerprint density at radius 1 is 1.11 bits per heavy atom. The van der Waals surface area contributed by atoms with E-state index < -0.39 is 6.04 Å². The highest BCUT2D eigenvalue weighted by molar-refractivity contribution is 5.98. The van der Waals surface area contributed by atoms with Crippen molar-refractivity contribution in [3.63, 3.8) is 0 Å². The van der Waals surface area contributed by atoms with Crippen molar-refractivity contribution in [1.82, 2.24) is 25.5 Å². The second-order valence-corrected chi connectivity index (χ2v) is 8.30. The molecule has 2 heterocycles. The molecule has 36 heavy (non-hydrogen) atoms. The lowest BCUT2D eigenvalue weighted by Gasteiger charge is -2.20. The molecule has 1 aromatic heterocycles. The van der Waals surface area contributed by atoms with Crippen molar-refractivity contribution < 1.29 is 23.9 Å². The van der Waals surface area contributed by atoms with Gasteiger partial charge in [0.2, 0.25) is 5.91 Å². The summed E-state index contributed by atoms with van der Waals surface area (Å²) in [6.07, 6.45) is 6.90. The number of benzene rings is 2. The van der Waals surface area contributed by atoms with Gasteiger partial charge in [-0.3, -0.25) is 14.4 Å². The number of amides is 3. The number of methoxy groups -OCH3 is 1. The molecule has 1 atom stereocenters. The topological polar surface area (TPSA) is 124 Å². The van der Waals surface area contributed by atoms with Crippen LogP contribution in [-0.2, 0) is 4.79 Å². The second-order valence-electron chi connectivity index (χ2n) is 8.30. The summed E-state index contributed by atoms with van der Waals surface area (Å²) < 4.78 is 12.8. The van der Waals surface area contributed by atoms with Gasteiger partial charge in [0.25, 0.3) is 11.8 Å². The van der Waals surface area contributed by atoms with Crippen LogP contribution in [0.1, 0.15) is 40.0 Å². The van der Waals surface area contributed by atoms with Crippen LogP contribution >= 0.6 is 0 Å². The molecule has 0 unspecified atom stereocenters. The molecule has 2 aromatic carbocycles. The Bertz CT molecular complexity index is 1190. The van der Waals surface area contributed by atoms with Crippen LogP contribution in [0.25, 0.3) is 5.69 Å². The van der Waals surface area contributed by atoms with Crippen LogP contribution in [0.15, 0.2) is 61.2 Å². The second kappa shape index (κ2) is 11.9. The van der Waals surface area contributed by atoms with Gasteiger partial charge >= 0.3 is 0 Å². The molecule has 10 nitrogen and oxygen atoms in total. The number of carbonyl (C=O) groups is 3. The lowest BCUT2D eigenvalue weighted by atomic mass is 10.1. The van der Waals surface area contributed by atoms with Gasteiger partial charge in [0.15, 0.2) is 0 Å². The van der Waals surface area contributed by atoms with Gasteiger partial charge in [0.1, 0.15) is 24.1 Å². The zero-order chi connectivity index (χ0) is 25.3. The first-order chi connectivity index (χ1) is 17.5. The van der Waals surface area contributed by atoms with Crippen molar-refractivity contribution in [3.05, 3.63) is 72.3 Å². The Morgan fingerprint density at radius 2 is 1.94 bits per heavy atom. The van der Waals surface area contributed by atoms with Crippen LogP contribution in [0, 0.1) is 0 Å². The Kier molecular flexibility index (Phi) is 8.17. The van der Waals surface area contributed by atoms with Crippen molar-refractivity contribution >= 4 is 17.7 Å². The van der Waals surface area contributed by atoms with Crippen molar-refractivity contribution in [1.29, 1.82) is 0 Å². The molecular weight excluding hydrogens is 462 g/mol. The average Bonchev–Trinajstić information content (AvgIpc) is 3.44. The summed E-state index contributed by atoms with van der Waals surface area (Å²) in [4.78, 5) is 42.4. The summed E-state index contributed by atoms with van der Waals surface area (Å²) in [5.41, 5.74) is 1.73. The number of nitrogens with zero attached hydrogens (tertiary/aromatic N) is 2. The zero-order valence-corrected chi connectivity index (χ0v) is 20.0. The lowest BCUT2D eigenvalue weighted by Crippen LogP contribution is -2.47. The standard InChI is InChI=1S/C26H29N5O5/c1-35-20-9-10-21-23(16-20)36-15-13-29-26(34)22(4-2-3-11-28-25(21)33)30-24(32)18-5-7-19(8-6-18)31-14-12-27-17-31/h5-10,12,14,16-17,22H,2-4,11,13,15H2,1H3,(H,28,33)(H,29,34)(H,30,32)/t22-/m0/s1. The highest BCUT2D eigenvalue weighted by atomic mass is 16.5. The maximum absolute atomic E-state index is 12.9. The van der Waals surface area contributed by atoms with Gasteiger partial charge in [0.05, 0.1) is 25.5 Å². The van der Waals surface area contributed by atoms with Crippen molar-refractivity contribution in [2.24, 2.45) is 0 Å². The Hall–Kier alpha value is -4.34. The molecule has 0 radical (unpaired) electrons. The maximum atomic E-state index is 12.9. The van der Waals surface area contributed by atoms with Crippen LogP contribution in [-0.4, -0.2) is 60.1 Å². The van der Waals surface area contributed by atoms with Gasteiger partial charge < -0.3 is 30.0 Å². The molecular formula is C26H29N5O5. The van der Waals surface area contributed by atoms with E-state index in [2.05, 4.69) is 20.9 Å². The molecule has 3 aromatic rings. The predicted octanol–water partition coefficient (Wildman–Crippen LogP) is 2.09. The number of hydrogen-bond acceptors (Lipinski definition) is 6. The molecule has 0 saturated heterocycles. The van der Waals surface area contributed by atoms with E-state index in [0.717, 1.165) is 5.69 Å². The third kappa shape index (κ3) is 6.21. The average molecular weight is 492 g/mol. The summed E-state index contributed by atoms with van der Waals surface area (Å²) in [7, 11) is 1.54. The number of hydrogen-bond donors (Lipinski definition) is 3. The van der Waals surface area contributed by atoms with Gasteiger partial charge in [-0.15, -0.1) is 0 Å². The fourth-order valence-electron chi connectivity index (χ4n) is 3.87. The summed E-state index contributed by atoms with van der Waals surface area (Å²) in [5.74, 6) is 0.0837. The smallest absolute Gasteiger partial charge is 0.255 e. The number of imidazole rings is 1. The number of ether oxygens (including phenoxy) is 2. The molecule has 3 N–H and O–H groups in total. The third-order valence-electron chi connectivity index (χ3n) is 5.85. The van der Waals surface area contributed by atoms with Crippen LogP contribution < -0.4 is 25.4 Å². The molecule has 4 rings (SSSR count). The quantitative estimate of drug-likeness (QED) is 0.514. The van der Waals surface area contributed by atoms with E-state index in [4.69, 9.17) is 9.47 Å². The first-order valence-electron chi connectivity index (χ1n) is 11.8. The number of carbonyl (C=O) groups excluding carboxylic acids is 3. The molecule has 0 spiro atoms. The number of fused-ring (bicyclic) bond motifs is 1. The predicted molar refractivity (Wildman–Crippen MR) is 133 cm³/mol. The molecule has 0 fully saturated rings. The van der Waals surface area contributed by atoms with Gasteiger partial charge in [-0.1, -0.05) is 0 Å². The molecule has 0 aliphatic carbocycles. The number of aromatic nitrogens is 2.